The van der Waals surface area contributed by atoms with E-state index in [0.717, 1.165) is 11.1 Å². The highest BCUT2D eigenvalue weighted by Gasteiger charge is 2.02. The van der Waals surface area contributed by atoms with Crippen LogP contribution in [0.25, 0.3) is 11.1 Å². The van der Waals surface area contributed by atoms with Gasteiger partial charge in [0, 0.05) is 12.4 Å². The first kappa shape index (κ1) is 11.9. The molecule has 0 fully saturated rings. The minimum atomic E-state index is -2.10. The van der Waals surface area contributed by atoms with Crippen LogP contribution in [-0.4, -0.2) is 12.2 Å². The third kappa shape index (κ3) is 2.76. The van der Waals surface area contributed by atoms with Gasteiger partial charge < -0.3 is 9.63 Å². The molecule has 0 radical (unpaired) electrons. The normalized spacial score (nSPS) is 12.3. The van der Waals surface area contributed by atoms with Crippen molar-refractivity contribution < 1.29 is 14.2 Å². The van der Waals surface area contributed by atoms with E-state index in [1.165, 1.54) is 7.11 Å². The van der Waals surface area contributed by atoms with Crippen molar-refractivity contribution in [1.29, 1.82) is 0 Å². The Morgan fingerprint density at radius 2 is 1.41 bits per heavy atom. The molecule has 0 aliphatic rings. The predicted molar refractivity (Wildman–Crippen MR) is 69.2 cm³/mol. The molecule has 1 atom stereocenters. The lowest BCUT2D eigenvalue weighted by molar-refractivity contribution is 0.423. The molecule has 0 aliphatic carbocycles. The largest absolute Gasteiger partial charge is 0.508 e. The van der Waals surface area contributed by atoms with Gasteiger partial charge in [-0.1, -0.05) is 24.3 Å². The summed E-state index contributed by atoms with van der Waals surface area (Å²) in [6.07, 6.45) is 0. The summed E-state index contributed by atoms with van der Waals surface area (Å²) in [7, 11) is -0.661. The van der Waals surface area contributed by atoms with Gasteiger partial charge in [-0.05, 0) is 35.4 Å². The third-order valence-corrected chi connectivity index (χ3v) is 3.68. The topological polar surface area (TPSA) is 46.5 Å². The first-order valence-corrected chi connectivity index (χ1v) is 6.50. The van der Waals surface area contributed by atoms with Crippen molar-refractivity contribution in [2.24, 2.45) is 0 Å². The summed E-state index contributed by atoms with van der Waals surface area (Å²) in [5, 5.41) is 9.91. The zero-order valence-electron chi connectivity index (χ0n) is 9.38. The van der Waals surface area contributed by atoms with Gasteiger partial charge in [0.25, 0.3) is 0 Å². The monoisotopic (exact) mass is 248 g/mol. The lowest BCUT2D eigenvalue weighted by Gasteiger charge is -2.04. The standard InChI is InChI=1S/C13H13O3P/c1-16-17(15)13-8-4-11(5-9-13)10-2-6-12(14)7-3-10/h2-9,14,17H,1H3. The molecule has 0 aliphatic heterocycles. The van der Waals surface area contributed by atoms with Crippen molar-refractivity contribution in [1.82, 2.24) is 0 Å². The maximum Gasteiger partial charge on any atom is 0.220 e. The third-order valence-electron chi connectivity index (χ3n) is 2.51. The fourth-order valence-corrected chi connectivity index (χ4v) is 2.25. The molecule has 0 saturated heterocycles. The molecule has 2 aromatic rings. The van der Waals surface area contributed by atoms with Crippen LogP contribution in [0.5, 0.6) is 5.75 Å². The van der Waals surface area contributed by atoms with Crippen LogP contribution in [0.4, 0.5) is 0 Å². The average Bonchev–Trinajstić information content (AvgIpc) is 2.39. The average molecular weight is 248 g/mol. The molecular formula is C13H13O3P. The Balaban J connectivity index is 2.29. The highest BCUT2D eigenvalue weighted by molar-refractivity contribution is 7.48. The van der Waals surface area contributed by atoms with Crippen LogP contribution in [0, 0.1) is 0 Å². The second kappa shape index (κ2) is 5.17. The van der Waals surface area contributed by atoms with E-state index in [0.29, 0.717) is 5.30 Å². The van der Waals surface area contributed by atoms with Gasteiger partial charge in [0.05, 0.1) is 0 Å². The van der Waals surface area contributed by atoms with Gasteiger partial charge in [-0.2, -0.15) is 0 Å². The van der Waals surface area contributed by atoms with Crippen LogP contribution in [0.15, 0.2) is 48.5 Å². The van der Waals surface area contributed by atoms with Crippen LogP contribution in [0.3, 0.4) is 0 Å². The number of hydrogen-bond acceptors (Lipinski definition) is 3. The van der Waals surface area contributed by atoms with Crippen LogP contribution in [-0.2, 0) is 9.09 Å². The summed E-state index contributed by atoms with van der Waals surface area (Å²) in [5.74, 6) is 0.245. The lowest BCUT2D eigenvalue weighted by atomic mass is 10.1. The van der Waals surface area contributed by atoms with E-state index < -0.39 is 8.03 Å². The first-order valence-electron chi connectivity index (χ1n) is 5.18. The molecule has 0 amide bonds. The van der Waals surface area contributed by atoms with Gasteiger partial charge >= 0.3 is 0 Å². The van der Waals surface area contributed by atoms with E-state index in [4.69, 9.17) is 4.52 Å². The van der Waals surface area contributed by atoms with Crippen LogP contribution >= 0.6 is 8.03 Å². The highest BCUT2D eigenvalue weighted by Crippen LogP contribution is 2.24. The molecule has 2 aromatic carbocycles. The molecule has 0 heterocycles. The molecule has 0 bridgehead atoms. The fourth-order valence-electron chi connectivity index (χ4n) is 1.57. The van der Waals surface area contributed by atoms with E-state index >= 15 is 0 Å². The van der Waals surface area contributed by atoms with Crippen molar-refractivity contribution in [2.45, 2.75) is 0 Å². The number of rotatable bonds is 3. The minimum absolute atomic E-state index is 0.245. The second-order valence-electron chi connectivity index (χ2n) is 3.62. The van der Waals surface area contributed by atoms with Crippen molar-refractivity contribution in [3.05, 3.63) is 48.5 Å². The van der Waals surface area contributed by atoms with Crippen molar-refractivity contribution in [3.8, 4) is 16.9 Å². The highest BCUT2D eigenvalue weighted by atomic mass is 31.1. The summed E-state index contributed by atoms with van der Waals surface area (Å²) in [5.41, 5.74) is 2.02. The number of phenolic OH excluding ortho intramolecular Hbond substituents is 1. The Bertz CT molecular complexity index is 517. The maximum atomic E-state index is 11.4. The van der Waals surface area contributed by atoms with E-state index in [2.05, 4.69) is 0 Å². The van der Waals surface area contributed by atoms with Crippen molar-refractivity contribution in [3.63, 3.8) is 0 Å². The van der Waals surface area contributed by atoms with Crippen molar-refractivity contribution in [2.75, 3.05) is 7.11 Å². The molecule has 0 aromatic heterocycles. The van der Waals surface area contributed by atoms with Gasteiger partial charge in [0.2, 0.25) is 8.03 Å². The number of benzene rings is 2. The molecule has 0 spiro atoms. The van der Waals surface area contributed by atoms with Gasteiger partial charge in [0.1, 0.15) is 5.75 Å². The fraction of sp³-hybridized carbons (Fsp3) is 0.0769. The van der Waals surface area contributed by atoms with Gasteiger partial charge in [-0.25, -0.2) is 0 Å². The first-order chi connectivity index (χ1) is 8.20. The van der Waals surface area contributed by atoms with Gasteiger partial charge in [-0.3, -0.25) is 4.57 Å². The lowest BCUT2D eigenvalue weighted by Crippen LogP contribution is -1.95. The Labute approximate surface area is 101 Å². The Hall–Kier alpha value is -1.57. The zero-order chi connectivity index (χ0) is 12.3. The predicted octanol–water partition coefficient (Wildman–Crippen LogP) is 2.81. The summed E-state index contributed by atoms with van der Waals surface area (Å²) in [4.78, 5) is 0. The van der Waals surface area contributed by atoms with Crippen LogP contribution in [0.2, 0.25) is 0 Å². The van der Waals surface area contributed by atoms with E-state index in [9.17, 15) is 9.67 Å². The SMILES string of the molecule is CO[PH](=O)c1ccc(-c2ccc(O)cc2)cc1. The van der Waals surface area contributed by atoms with E-state index in [-0.39, 0.29) is 5.75 Å². The number of aromatic hydroxyl groups is 1. The molecule has 1 unspecified atom stereocenters. The summed E-state index contributed by atoms with van der Waals surface area (Å²) >= 11 is 0. The molecule has 88 valence electrons. The number of phenols is 1. The molecule has 4 heteroatoms. The molecule has 3 nitrogen and oxygen atoms in total. The smallest absolute Gasteiger partial charge is 0.220 e. The van der Waals surface area contributed by atoms with E-state index in [1.54, 1.807) is 24.3 Å². The quantitative estimate of drug-likeness (QED) is 0.849. The summed E-state index contributed by atoms with van der Waals surface area (Å²) < 4.78 is 16.2. The molecule has 17 heavy (non-hydrogen) atoms. The Kier molecular flexibility index (Phi) is 3.62. The van der Waals surface area contributed by atoms with Crippen LogP contribution in [0.1, 0.15) is 0 Å². The van der Waals surface area contributed by atoms with Gasteiger partial charge in [-0.15, -0.1) is 0 Å². The summed E-state index contributed by atoms with van der Waals surface area (Å²) in [6.45, 7) is 0. The minimum Gasteiger partial charge on any atom is -0.508 e. The number of hydrogen-bond donors (Lipinski definition) is 1. The van der Waals surface area contributed by atoms with Crippen molar-refractivity contribution >= 4 is 13.3 Å². The summed E-state index contributed by atoms with van der Waals surface area (Å²) in [6, 6.07) is 14.3. The Morgan fingerprint density at radius 1 is 0.941 bits per heavy atom. The van der Waals surface area contributed by atoms with Gasteiger partial charge in [0.15, 0.2) is 0 Å². The molecule has 0 saturated carbocycles. The maximum absolute atomic E-state index is 11.4. The van der Waals surface area contributed by atoms with E-state index in [1.807, 2.05) is 24.3 Å². The second-order valence-corrected chi connectivity index (χ2v) is 5.18. The molecule has 2 rings (SSSR count). The zero-order valence-corrected chi connectivity index (χ0v) is 10.4. The molecule has 1 N–H and O–H groups in total. The molecular weight excluding hydrogens is 235 g/mol. The Morgan fingerprint density at radius 3 is 1.88 bits per heavy atom. The van der Waals surface area contributed by atoms with Crippen LogP contribution < -0.4 is 5.30 Å².